The molecule has 2 rings (SSSR count). The van der Waals surface area contributed by atoms with Gasteiger partial charge in [-0.15, -0.1) is 5.10 Å². The van der Waals surface area contributed by atoms with Gasteiger partial charge in [-0.3, -0.25) is 0 Å². The molecule has 1 aliphatic carbocycles. The van der Waals surface area contributed by atoms with E-state index in [4.69, 9.17) is 18.0 Å². The highest BCUT2D eigenvalue weighted by molar-refractivity contribution is 7.80. The monoisotopic (exact) mass is 278 g/mol. The Labute approximate surface area is 120 Å². The normalized spacial score (nSPS) is 15.9. The molecule has 1 aromatic rings. The van der Waals surface area contributed by atoms with Crippen LogP contribution in [0.1, 0.15) is 45.1 Å². The fourth-order valence-electron chi connectivity index (χ4n) is 2.75. The molecule has 0 amide bonds. The predicted octanol–water partition coefficient (Wildman–Crippen LogP) is 2.52. The average Bonchev–Trinajstić information content (AvgIpc) is 2.89. The van der Waals surface area contributed by atoms with Crippen LogP contribution in [0.25, 0.3) is 0 Å². The van der Waals surface area contributed by atoms with Gasteiger partial charge in [0.15, 0.2) is 5.82 Å². The van der Waals surface area contributed by atoms with Crippen LogP contribution in [0, 0.1) is 5.92 Å². The molecule has 0 aliphatic heterocycles. The maximum atomic E-state index is 5.82. The molecule has 0 atom stereocenters. The summed E-state index contributed by atoms with van der Waals surface area (Å²) < 4.78 is 0. The van der Waals surface area contributed by atoms with Crippen molar-refractivity contribution in [2.75, 3.05) is 11.4 Å². The van der Waals surface area contributed by atoms with E-state index in [1.165, 1.54) is 25.7 Å². The highest BCUT2D eigenvalue weighted by Crippen LogP contribution is 2.29. The molecular weight excluding hydrogens is 256 g/mol. The summed E-state index contributed by atoms with van der Waals surface area (Å²) in [6, 6.07) is 2.42. The van der Waals surface area contributed by atoms with Crippen LogP contribution < -0.4 is 10.6 Å². The first-order valence-corrected chi connectivity index (χ1v) is 7.38. The first-order chi connectivity index (χ1) is 9.09. The van der Waals surface area contributed by atoms with Crippen molar-refractivity contribution < 1.29 is 0 Å². The van der Waals surface area contributed by atoms with E-state index < -0.39 is 0 Å². The van der Waals surface area contributed by atoms with E-state index >= 15 is 0 Å². The van der Waals surface area contributed by atoms with Crippen LogP contribution in [0.3, 0.4) is 0 Å². The number of nitrogens with two attached hydrogens (primary N) is 1. The second-order valence-corrected chi connectivity index (χ2v) is 6.06. The average molecular weight is 278 g/mol. The van der Waals surface area contributed by atoms with Gasteiger partial charge in [0.25, 0.3) is 0 Å². The van der Waals surface area contributed by atoms with Crippen LogP contribution in [0.4, 0.5) is 5.82 Å². The van der Waals surface area contributed by atoms with Crippen LogP contribution >= 0.6 is 12.2 Å². The van der Waals surface area contributed by atoms with Crippen molar-refractivity contribution in [2.24, 2.45) is 11.7 Å². The number of thiocarbonyl (C=S) groups is 1. The molecule has 2 N–H and O–H groups in total. The van der Waals surface area contributed by atoms with Gasteiger partial charge in [-0.05, 0) is 24.8 Å². The third kappa shape index (κ3) is 3.41. The maximum Gasteiger partial charge on any atom is 0.161 e. The van der Waals surface area contributed by atoms with Crippen molar-refractivity contribution in [3.63, 3.8) is 0 Å². The first kappa shape index (κ1) is 14.2. The van der Waals surface area contributed by atoms with Crippen LogP contribution in [0.15, 0.2) is 12.3 Å². The minimum atomic E-state index is 0.400. The number of hydrogen-bond acceptors (Lipinski definition) is 4. The molecule has 1 saturated carbocycles. The molecule has 4 nitrogen and oxygen atoms in total. The summed E-state index contributed by atoms with van der Waals surface area (Å²) in [4.78, 5) is 2.76. The Kier molecular flexibility index (Phi) is 4.69. The van der Waals surface area contributed by atoms with E-state index in [0.717, 1.165) is 17.9 Å². The lowest BCUT2D eigenvalue weighted by atomic mass is 10.1. The molecule has 5 heteroatoms. The second kappa shape index (κ2) is 6.28. The van der Waals surface area contributed by atoms with Crippen molar-refractivity contribution in [3.8, 4) is 0 Å². The van der Waals surface area contributed by atoms with Gasteiger partial charge in [-0.2, -0.15) is 5.10 Å². The minimum Gasteiger partial charge on any atom is -0.389 e. The van der Waals surface area contributed by atoms with Crippen LogP contribution in [0.2, 0.25) is 0 Å². The Hall–Kier alpha value is -1.23. The summed E-state index contributed by atoms with van der Waals surface area (Å²) in [6.45, 7) is 5.41. The molecule has 0 unspecified atom stereocenters. The minimum absolute atomic E-state index is 0.400. The van der Waals surface area contributed by atoms with Crippen molar-refractivity contribution >= 4 is 23.0 Å². The number of rotatable bonds is 5. The molecule has 0 saturated heterocycles. The highest BCUT2D eigenvalue weighted by Gasteiger charge is 2.26. The standard InChI is InChI=1S/C14H22N4S/c1-10(2)9-18(11-5-3-4-6-11)14-12(13(15)19)7-8-16-17-14/h7-8,10-11H,3-6,9H2,1-2H3,(H2,15,19). The number of anilines is 1. The lowest BCUT2D eigenvalue weighted by molar-refractivity contribution is 0.529. The van der Waals surface area contributed by atoms with Gasteiger partial charge in [0.05, 0.1) is 11.8 Å². The van der Waals surface area contributed by atoms with Gasteiger partial charge < -0.3 is 10.6 Å². The van der Waals surface area contributed by atoms with Crippen molar-refractivity contribution in [1.82, 2.24) is 10.2 Å². The maximum absolute atomic E-state index is 5.82. The summed E-state index contributed by atoms with van der Waals surface area (Å²) in [6.07, 6.45) is 6.68. The summed E-state index contributed by atoms with van der Waals surface area (Å²) >= 11 is 5.14. The van der Waals surface area contributed by atoms with E-state index in [2.05, 4.69) is 28.9 Å². The molecule has 1 aliphatic rings. The highest BCUT2D eigenvalue weighted by atomic mass is 32.1. The molecule has 0 aromatic carbocycles. The van der Waals surface area contributed by atoms with Gasteiger partial charge in [0.2, 0.25) is 0 Å². The van der Waals surface area contributed by atoms with Gasteiger partial charge >= 0.3 is 0 Å². The molecule has 0 bridgehead atoms. The van der Waals surface area contributed by atoms with Crippen LogP contribution in [0.5, 0.6) is 0 Å². The van der Waals surface area contributed by atoms with E-state index in [9.17, 15) is 0 Å². The number of nitrogens with zero attached hydrogens (tertiary/aromatic N) is 3. The molecule has 1 heterocycles. The lowest BCUT2D eigenvalue weighted by Gasteiger charge is -2.32. The Morgan fingerprint density at radius 3 is 2.74 bits per heavy atom. The van der Waals surface area contributed by atoms with Gasteiger partial charge in [-0.1, -0.05) is 38.9 Å². The third-order valence-electron chi connectivity index (χ3n) is 3.57. The smallest absolute Gasteiger partial charge is 0.161 e. The third-order valence-corrected chi connectivity index (χ3v) is 3.79. The van der Waals surface area contributed by atoms with E-state index in [1.54, 1.807) is 6.20 Å². The van der Waals surface area contributed by atoms with Crippen molar-refractivity contribution in [3.05, 3.63) is 17.8 Å². The van der Waals surface area contributed by atoms with Gasteiger partial charge in [0.1, 0.15) is 4.99 Å². The summed E-state index contributed by atoms with van der Waals surface area (Å²) in [5.41, 5.74) is 6.66. The van der Waals surface area contributed by atoms with Crippen molar-refractivity contribution in [2.45, 2.75) is 45.6 Å². The topological polar surface area (TPSA) is 55.0 Å². The Morgan fingerprint density at radius 2 is 2.16 bits per heavy atom. The Morgan fingerprint density at radius 1 is 1.47 bits per heavy atom. The van der Waals surface area contributed by atoms with E-state index in [1.807, 2.05) is 6.07 Å². The molecule has 1 fully saturated rings. The van der Waals surface area contributed by atoms with Gasteiger partial charge in [-0.25, -0.2) is 0 Å². The van der Waals surface area contributed by atoms with Crippen molar-refractivity contribution in [1.29, 1.82) is 0 Å². The largest absolute Gasteiger partial charge is 0.389 e. The SMILES string of the molecule is CC(C)CN(c1nnccc1C(N)=S)C1CCCC1. The van der Waals surface area contributed by atoms with Crippen LogP contribution in [-0.2, 0) is 0 Å². The summed E-state index contributed by atoms with van der Waals surface area (Å²) in [7, 11) is 0. The fourth-order valence-corrected chi connectivity index (χ4v) is 2.91. The molecule has 1 aromatic heterocycles. The zero-order valence-electron chi connectivity index (χ0n) is 11.7. The lowest BCUT2D eigenvalue weighted by Crippen LogP contribution is -2.38. The van der Waals surface area contributed by atoms with Gasteiger partial charge in [0, 0.05) is 12.6 Å². The second-order valence-electron chi connectivity index (χ2n) is 5.62. The summed E-state index contributed by atoms with van der Waals surface area (Å²) in [5, 5.41) is 8.33. The summed E-state index contributed by atoms with van der Waals surface area (Å²) in [5.74, 6) is 1.43. The zero-order valence-corrected chi connectivity index (χ0v) is 12.5. The fraction of sp³-hybridized carbons (Fsp3) is 0.643. The van der Waals surface area contributed by atoms with Crippen LogP contribution in [-0.4, -0.2) is 27.8 Å². The quantitative estimate of drug-likeness (QED) is 0.839. The molecule has 0 spiro atoms. The Bertz CT molecular complexity index is 441. The molecule has 19 heavy (non-hydrogen) atoms. The first-order valence-electron chi connectivity index (χ1n) is 6.97. The predicted molar refractivity (Wildman–Crippen MR) is 82.4 cm³/mol. The molecule has 0 radical (unpaired) electrons. The molecule has 104 valence electrons. The van der Waals surface area contributed by atoms with E-state index in [-0.39, 0.29) is 0 Å². The number of hydrogen-bond donors (Lipinski definition) is 1. The number of aromatic nitrogens is 2. The zero-order chi connectivity index (χ0) is 13.8. The van der Waals surface area contributed by atoms with E-state index in [0.29, 0.717) is 16.9 Å². The molecular formula is C14H22N4S. The Balaban J connectivity index is 2.34.